The third-order valence-electron chi connectivity index (χ3n) is 3.60. The molecule has 1 aliphatic carbocycles. The number of hydrogen-bond acceptors (Lipinski definition) is 2. The second-order valence-electron chi connectivity index (χ2n) is 4.67. The summed E-state index contributed by atoms with van der Waals surface area (Å²) in [5, 5.41) is 3.05. The molecule has 2 amide bonds. The highest BCUT2D eigenvalue weighted by atomic mass is 16.2. The van der Waals surface area contributed by atoms with E-state index in [1.807, 2.05) is 26.0 Å². The van der Waals surface area contributed by atoms with Crippen LogP contribution in [-0.4, -0.2) is 30.1 Å². The first kappa shape index (κ1) is 12.9. The molecule has 2 unspecified atom stereocenters. The van der Waals surface area contributed by atoms with Gasteiger partial charge in [-0.25, -0.2) is 4.79 Å². The molecule has 0 aliphatic heterocycles. The van der Waals surface area contributed by atoms with Crippen molar-refractivity contribution in [3.63, 3.8) is 0 Å². The van der Waals surface area contributed by atoms with Gasteiger partial charge in [0.1, 0.15) is 0 Å². The van der Waals surface area contributed by atoms with Gasteiger partial charge in [0.25, 0.3) is 0 Å². The van der Waals surface area contributed by atoms with Crippen LogP contribution in [-0.2, 0) is 6.42 Å². The Morgan fingerprint density at radius 1 is 1.39 bits per heavy atom. The van der Waals surface area contributed by atoms with Crippen LogP contribution in [0.15, 0.2) is 24.3 Å². The molecule has 4 nitrogen and oxygen atoms in total. The molecule has 0 saturated heterocycles. The Kier molecular flexibility index (Phi) is 3.87. The Balaban J connectivity index is 2.12. The monoisotopic (exact) mass is 247 g/mol. The highest BCUT2D eigenvalue weighted by molar-refractivity contribution is 5.75. The van der Waals surface area contributed by atoms with E-state index < -0.39 is 0 Å². The van der Waals surface area contributed by atoms with Crippen molar-refractivity contribution in [3.8, 4) is 0 Å². The summed E-state index contributed by atoms with van der Waals surface area (Å²) in [7, 11) is 0. The minimum atomic E-state index is -0.0608. The van der Waals surface area contributed by atoms with Gasteiger partial charge in [-0.15, -0.1) is 0 Å². The molecule has 0 fully saturated rings. The molecular formula is C14H21N3O. The molecule has 98 valence electrons. The van der Waals surface area contributed by atoms with E-state index >= 15 is 0 Å². The van der Waals surface area contributed by atoms with E-state index in [2.05, 4.69) is 17.4 Å². The number of carbonyl (C=O) groups excluding carboxylic acids is 1. The third-order valence-corrected chi connectivity index (χ3v) is 3.60. The number of hydrogen-bond donors (Lipinski definition) is 2. The molecule has 0 radical (unpaired) electrons. The average molecular weight is 247 g/mol. The maximum atomic E-state index is 12.1. The Labute approximate surface area is 108 Å². The molecular weight excluding hydrogens is 226 g/mol. The summed E-state index contributed by atoms with van der Waals surface area (Å²) >= 11 is 0. The first-order valence-corrected chi connectivity index (χ1v) is 6.56. The van der Waals surface area contributed by atoms with Crippen molar-refractivity contribution in [1.82, 2.24) is 10.2 Å². The molecule has 1 aromatic carbocycles. The van der Waals surface area contributed by atoms with Crippen LogP contribution in [0.1, 0.15) is 31.0 Å². The lowest BCUT2D eigenvalue weighted by Gasteiger charge is -2.24. The van der Waals surface area contributed by atoms with Crippen LogP contribution in [0.3, 0.4) is 0 Å². The predicted molar refractivity (Wildman–Crippen MR) is 72.3 cm³/mol. The van der Waals surface area contributed by atoms with Gasteiger partial charge in [-0.2, -0.15) is 0 Å². The van der Waals surface area contributed by atoms with Crippen molar-refractivity contribution in [2.45, 2.75) is 32.4 Å². The minimum absolute atomic E-state index is 0.0260. The maximum Gasteiger partial charge on any atom is 0.317 e. The highest BCUT2D eigenvalue weighted by Gasteiger charge is 2.31. The quantitative estimate of drug-likeness (QED) is 0.853. The standard InChI is InChI=1S/C14H21N3O/c1-3-17(4-2)14(18)16-13-11-8-6-5-7-10(11)9-12(13)15/h5-8,12-13H,3-4,9,15H2,1-2H3,(H,16,18). The van der Waals surface area contributed by atoms with Crippen molar-refractivity contribution >= 4 is 6.03 Å². The zero-order chi connectivity index (χ0) is 13.1. The number of amides is 2. The Morgan fingerprint density at radius 2 is 2.06 bits per heavy atom. The molecule has 0 heterocycles. The van der Waals surface area contributed by atoms with Gasteiger partial charge in [-0.1, -0.05) is 24.3 Å². The molecule has 1 aromatic rings. The molecule has 2 rings (SSSR count). The van der Waals surface area contributed by atoms with Crippen LogP contribution in [0.2, 0.25) is 0 Å². The van der Waals surface area contributed by atoms with E-state index in [9.17, 15) is 4.79 Å². The number of carbonyl (C=O) groups is 1. The number of nitrogens with two attached hydrogens (primary N) is 1. The Hall–Kier alpha value is -1.55. The second kappa shape index (κ2) is 5.40. The predicted octanol–water partition coefficient (Wildman–Crippen LogP) is 1.66. The summed E-state index contributed by atoms with van der Waals surface area (Å²) in [6.45, 7) is 5.38. The fourth-order valence-corrected chi connectivity index (χ4v) is 2.55. The first-order valence-electron chi connectivity index (χ1n) is 6.56. The van der Waals surface area contributed by atoms with Crippen molar-refractivity contribution in [2.24, 2.45) is 5.73 Å². The Morgan fingerprint density at radius 3 is 2.72 bits per heavy atom. The minimum Gasteiger partial charge on any atom is -0.330 e. The van der Waals surface area contributed by atoms with E-state index in [-0.39, 0.29) is 18.1 Å². The van der Waals surface area contributed by atoms with Crippen LogP contribution in [0, 0.1) is 0 Å². The van der Waals surface area contributed by atoms with Gasteiger partial charge in [0.2, 0.25) is 0 Å². The van der Waals surface area contributed by atoms with Crippen molar-refractivity contribution in [3.05, 3.63) is 35.4 Å². The molecule has 18 heavy (non-hydrogen) atoms. The number of benzene rings is 1. The second-order valence-corrected chi connectivity index (χ2v) is 4.67. The SMILES string of the molecule is CCN(CC)C(=O)NC1c2ccccc2CC1N. The smallest absolute Gasteiger partial charge is 0.317 e. The average Bonchev–Trinajstić information content (AvgIpc) is 2.68. The normalized spacial score (nSPS) is 21.5. The van der Waals surface area contributed by atoms with Crippen LogP contribution in [0.25, 0.3) is 0 Å². The van der Waals surface area contributed by atoms with Gasteiger partial charge in [-0.05, 0) is 31.4 Å². The number of rotatable bonds is 3. The highest BCUT2D eigenvalue weighted by Crippen LogP contribution is 2.30. The summed E-state index contributed by atoms with van der Waals surface area (Å²) in [6.07, 6.45) is 0.833. The molecule has 1 aliphatic rings. The number of urea groups is 1. The van der Waals surface area contributed by atoms with Gasteiger partial charge in [0.15, 0.2) is 0 Å². The largest absolute Gasteiger partial charge is 0.330 e. The number of nitrogens with zero attached hydrogens (tertiary/aromatic N) is 1. The molecule has 4 heteroatoms. The summed E-state index contributed by atoms with van der Waals surface area (Å²) < 4.78 is 0. The Bertz CT molecular complexity index is 429. The summed E-state index contributed by atoms with van der Waals surface area (Å²) in [4.78, 5) is 13.8. The topological polar surface area (TPSA) is 58.4 Å². The summed E-state index contributed by atoms with van der Waals surface area (Å²) in [6, 6.07) is 8.02. The van der Waals surface area contributed by atoms with E-state index in [0.29, 0.717) is 13.1 Å². The lowest BCUT2D eigenvalue weighted by atomic mass is 10.1. The van der Waals surface area contributed by atoms with E-state index in [1.54, 1.807) is 4.90 Å². The first-order chi connectivity index (χ1) is 8.67. The molecule has 0 aromatic heterocycles. The van der Waals surface area contributed by atoms with Gasteiger partial charge >= 0.3 is 6.03 Å². The maximum absolute atomic E-state index is 12.1. The molecule has 0 bridgehead atoms. The lowest BCUT2D eigenvalue weighted by Crippen LogP contribution is -2.45. The fraction of sp³-hybridized carbons (Fsp3) is 0.500. The molecule has 3 N–H and O–H groups in total. The van der Waals surface area contributed by atoms with E-state index in [1.165, 1.54) is 5.56 Å². The molecule has 2 atom stereocenters. The van der Waals surface area contributed by atoms with Crippen LogP contribution < -0.4 is 11.1 Å². The van der Waals surface area contributed by atoms with Crippen LogP contribution >= 0.6 is 0 Å². The van der Waals surface area contributed by atoms with Crippen LogP contribution in [0.5, 0.6) is 0 Å². The van der Waals surface area contributed by atoms with Crippen molar-refractivity contribution < 1.29 is 4.79 Å². The number of nitrogens with one attached hydrogen (secondary N) is 1. The zero-order valence-corrected chi connectivity index (χ0v) is 11.0. The van der Waals surface area contributed by atoms with E-state index in [0.717, 1.165) is 12.0 Å². The van der Waals surface area contributed by atoms with E-state index in [4.69, 9.17) is 5.73 Å². The zero-order valence-electron chi connectivity index (χ0n) is 11.0. The summed E-state index contributed by atoms with van der Waals surface area (Å²) in [5.41, 5.74) is 8.53. The van der Waals surface area contributed by atoms with Gasteiger partial charge in [0, 0.05) is 19.1 Å². The number of fused-ring (bicyclic) bond motifs is 1. The third kappa shape index (κ3) is 2.34. The van der Waals surface area contributed by atoms with Gasteiger partial charge in [0.05, 0.1) is 6.04 Å². The van der Waals surface area contributed by atoms with Crippen molar-refractivity contribution in [2.75, 3.05) is 13.1 Å². The fourth-order valence-electron chi connectivity index (χ4n) is 2.55. The van der Waals surface area contributed by atoms with Gasteiger partial charge < -0.3 is 16.0 Å². The lowest BCUT2D eigenvalue weighted by molar-refractivity contribution is 0.198. The van der Waals surface area contributed by atoms with Crippen molar-refractivity contribution in [1.29, 1.82) is 0 Å². The molecule has 0 spiro atoms. The molecule has 0 saturated carbocycles. The summed E-state index contributed by atoms with van der Waals surface area (Å²) in [5.74, 6) is 0. The van der Waals surface area contributed by atoms with Crippen LogP contribution in [0.4, 0.5) is 4.79 Å². The van der Waals surface area contributed by atoms with Gasteiger partial charge in [-0.3, -0.25) is 0 Å².